The number of carboxylic acids is 2. The number of carboxylic acid groups (broad SMARTS) is 2. The minimum absolute atomic E-state index is 0.0755. The normalized spacial score (nSPS) is 14.3. The first-order valence-electron chi connectivity index (χ1n) is 5.77. The molecule has 0 amide bonds. The molecule has 0 bridgehead atoms. The minimum Gasteiger partial charge on any atom is -0.481 e. The standard InChI is InChI=1S/C13H20O6/c1-5-10(16)19-8-13(11(17)18,6-9(14)15)7-12(2,3)4/h5H,1,6-8H2,2-4H3,(H,14,15)(H,17,18). The number of rotatable bonds is 7. The highest BCUT2D eigenvalue weighted by Crippen LogP contribution is 2.37. The molecule has 0 aromatic rings. The Morgan fingerprint density at radius 1 is 1.21 bits per heavy atom. The van der Waals surface area contributed by atoms with E-state index in [1.54, 1.807) is 20.8 Å². The van der Waals surface area contributed by atoms with Gasteiger partial charge in [-0.3, -0.25) is 9.59 Å². The van der Waals surface area contributed by atoms with Crippen LogP contribution in [0.5, 0.6) is 0 Å². The third-order valence-electron chi connectivity index (χ3n) is 2.47. The number of hydrogen-bond donors (Lipinski definition) is 2. The zero-order chi connectivity index (χ0) is 15.3. The van der Waals surface area contributed by atoms with Crippen molar-refractivity contribution in [1.29, 1.82) is 0 Å². The molecule has 0 radical (unpaired) electrons. The summed E-state index contributed by atoms with van der Waals surface area (Å²) in [7, 11) is 0. The Morgan fingerprint density at radius 2 is 1.74 bits per heavy atom. The number of ether oxygens (including phenoxy) is 1. The van der Waals surface area contributed by atoms with Crippen molar-refractivity contribution < 1.29 is 29.3 Å². The first-order valence-corrected chi connectivity index (χ1v) is 5.77. The van der Waals surface area contributed by atoms with Gasteiger partial charge < -0.3 is 14.9 Å². The van der Waals surface area contributed by atoms with Gasteiger partial charge in [0.25, 0.3) is 0 Å². The fourth-order valence-corrected chi connectivity index (χ4v) is 1.95. The third kappa shape index (κ3) is 6.03. The van der Waals surface area contributed by atoms with Gasteiger partial charge in [0.05, 0.1) is 6.42 Å². The molecule has 0 heterocycles. The predicted octanol–water partition coefficient (Wildman–Crippen LogP) is 1.70. The summed E-state index contributed by atoms with van der Waals surface area (Å²) in [6, 6.07) is 0. The van der Waals surface area contributed by atoms with Crippen LogP contribution in [-0.2, 0) is 19.1 Å². The lowest BCUT2D eigenvalue weighted by Crippen LogP contribution is -2.41. The SMILES string of the molecule is C=CC(=O)OCC(CC(=O)O)(CC(C)(C)C)C(=O)O. The van der Waals surface area contributed by atoms with Gasteiger partial charge in [0, 0.05) is 6.08 Å². The molecule has 2 N–H and O–H groups in total. The van der Waals surface area contributed by atoms with E-state index in [9.17, 15) is 19.5 Å². The van der Waals surface area contributed by atoms with Gasteiger partial charge in [-0.1, -0.05) is 27.4 Å². The number of hydrogen-bond acceptors (Lipinski definition) is 4. The fourth-order valence-electron chi connectivity index (χ4n) is 1.95. The summed E-state index contributed by atoms with van der Waals surface area (Å²) in [6.07, 6.45) is 0.376. The zero-order valence-corrected chi connectivity index (χ0v) is 11.4. The average molecular weight is 272 g/mol. The van der Waals surface area contributed by atoms with Crippen molar-refractivity contribution in [2.75, 3.05) is 6.61 Å². The van der Waals surface area contributed by atoms with E-state index in [4.69, 9.17) is 9.84 Å². The maximum absolute atomic E-state index is 11.5. The lowest BCUT2D eigenvalue weighted by atomic mass is 9.72. The third-order valence-corrected chi connectivity index (χ3v) is 2.47. The van der Waals surface area contributed by atoms with Gasteiger partial charge in [0.2, 0.25) is 0 Å². The summed E-state index contributed by atoms with van der Waals surface area (Å²) >= 11 is 0. The molecule has 0 spiro atoms. The summed E-state index contributed by atoms with van der Waals surface area (Å²) in [5.41, 5.74) is -2.06. The summed E-state index contributed by atoms with van der Waals surface area (Å²) in [5, 5.41) is 18.2. The summed E-state index contributed by atoms with van der Waals surface area (Å²) in [6.45, 7) is 8.09. The molecule has 0 aliphatic heterocycles. The Bertz CT molecular complexity index is 379. The number of carbonyl (C=O) groups is 3. The van der Waals surface area contributed by atoms with E-state index in [1.807, 2.05) is 0 Å². The van der Waals surface area contributed by atoms with Crippen molar-refractivity contribution in [3.05, 3.63) is 12.7 Å². The van der Waals surface area contributed by atoms with E-state index in [-0.39, 0.29) is 6.42 Å². The Labute approximate surface area is 112 Å². The molecule has 0 saturated carbocycles. The maximum atomic E-state index is 11.5. The minimum atomic E-state index is -1.64. The summed E-state index contributed by atoms with van der Waals surface area (Å²) < 4.78 is 4.76. The van der Waals surface area contributed by atoms with Gasteiger partial charge in [-0.15, -0.1) is 0 Å². The Kier molecular flexibility index (Phi) is 5.74. The smallest absolute Gasteiger partial charge is 0.330 e. The highest BCUT2D eigenvalue weighted by atomic mass is 16.5. The van der Waals surface area contributed by atoms with E-state index in [1.165, 1.54) is 0 Å². The van der Waals surface area contributed by atoms with Crippen LogP contribution in [0.25, 0.3) is 0 Å². The lowest BCUT2D eigenvalue weighted by molar-refractivity contribution is -0.165. The zero-order valence-electron chi connectivity index (χ0n) is 11.4. The van der Waals surface area contributed by atoms with Crippen molar-refractivity contribution in [3.8, 4) is 0 Å². The van der Waals surface area contributed by atoms with Crippen molar-refractivity contribution in [2.45, 2.75) is 33.6 Å². The predicted molar refractivity (Wildman–Crippen MR) is 67.5 cm³/mol. The van der Waals surface area contributed by atoms with Gasteiger partial charge in [-0.25, -0.2) is 4.79 Å². The monoisotopic (exact) mass is 272 g/mol. The topological polar surface area (TPSA) is 101 Å². The second-order valence-corrected chi connectivity index (χ2v) is 5.71. The van der Waals surface area contributed by atoms with Gasteiger partial charge in [-0.2, -0.15) is 0 Å². The molecule has 0 aliphatic rings. The molecule has 1 unspecified atom stereocenters. The van der Waals surface area contributed by atoms with Crippen LogP contribution in [-0.4, -0.2) is 34.7 Å². The fraction of sp³-hybridized carbons (Fsp3) is 0.615. The molecule has 0 aliphatic carbocycles. The maximum Gasteiger partial charge on any atom is 0.330 e. The van der Waals surface area contributed by atoms with Crippen LogP contribution >= 0.6 is 0 Å². The van der Waals surface area contributed by atoms with Gasteiger partial charge in [-0.05, 0) is 11.8 Å². The largest absolute Gasteiger partial charge is 0.481 e. The summed E-state index contributed by atoms with van der Waals surface area (Å²) in [5.74, 6) is -3.31. The molecule has 0 aromatic heterocycles. The van der Waals surface area contributed by atoms with Crippen LogP contribution in [0.3, 0.4) is 0 Å². The van der Waals surface area contributed by atoms with E-state index < -0.39 is 41.8 Å². The van der Waals surface area contributed by atoms with Crippen LogP contribution < -0.4 is 0 Å². The van der Waals surface area contributed by atoms with Crippen LogP contribution in [0.1, 0.15) is 33.6 Å². The van der Waals surface area contributed by atoms with Crippen LogP contribution in [0.15, 0.2) is 12.7 Å². The molecule has 0 fully saturated rings. The van der Waals surface area contributed by atoms with Gasteiger partial charge >= 0.3 is 17.9 Å². The molecule has 0 saturated heterocycles. The first-order chi connectivity index (χ1) is 8.52. The van der Waals surface area contributed by atoms with E-state index in [0.29, 0.717) is 0 Å². The molecule has 108 valence electrons. The lowest BCUT2D eigenvalue weighted by Gasteiger charge is -2.33. The number of carbonyl (C=O) groups excluding carboxylic acids is 1. The quantitative estimate of drug-likeness (QED) is 0.540. The van der Waals surface area contributed by atoms with Crippen molar-refractivity contribution in [3.63, 3.8) is 0 Å². The molecule has 6 heteroatoms. The van der Waals surface area contributed by atoms with Crippen LogP contribution in [0, 0.1) is 10.8 Å². The highest BCUT2D eigenvalue weighted by molar-refractivity contribution is 5.84. The van der Waals surface area contributed by atoms with E-state index >= 15 is 0 Å². The molecular formula is C13H20O6. The first kappa shape index (κ1) is 17.2. The van der Waals surface area contributed by atoms with E-state index in [2.05, 4.69) is 6.58 Å². The van der Waals surface area contributed by atoms with Crippen molar-refractivity contribution in [2.24, 2.45) is 10.8 Å². The molecule has 0 aromatic carbocycles. The van der Waals surface area contributed by atoms with Crippen molar-refractivity contribution in [1.82, 2.24) is 0 Å². The summed E-state index contributed by atoms with van der Waals surface area (Å²) in [4.78, 5) is 33.4. The Balaban J connectivity index is 5.25. The van der Waals surface area contributed by atoms with Crippen LogP contribution in [0.4, 0.5) is 0 Å². The molecule has 1 atom stereocenters. The Hall–Kier alpha value is -1.85. The van der Waals surface area contributed by atoms with Crippen LogP contribution in [0.2, 0.25) is 0 Å². The highest BCUT2D eigenvalue weighted by Gasteiger charge is 2.45. The average Bonchev–Trinajstić information content (AvgIpc) is 2.22. The molecular weight excluding hydrogens is 252 g/mol. The number of aliphatic carboxylic acids is 2. The van der Waals surface area contributed by atoms with E-state index in [0.717, 1.165) is 6.08 Å². The molecule has 0 rings (SSSR count). The van der Waals surface area contributed by atoms with Gasteiger partial charge in [0.15, 0.2) is 0 Å². The van der Waals surface area contributed by atoms with Crippen molar-refractivity contribution >= 4 is 17.9 Å². The Morgan fingerprint density at radius 3 is 2.05 bits per heavy atom. The second kappa shape index (κ2) is 6.36. The molecule has 6 nitrogen and oxygen atoms in total. The van der Waals surface area contributed by atoms with Gasteiger partial charge in [0.1, 0.15) is 12.0 Å². The second-order valence-electron chi connectivity index (χ2n) is 5.71. The number of esters is 1. The molecule has 19 heavy (non-hydrogen) atoms.